The molecule has 1 atom stereocenters. The fraction of sp³-hybridized carbons (Fsp3) is 0.529. The van der Waals surface area contributed by atoms with Crippen LogP contribution in [0.5, 0.6) is 0 Å². The lowest BCUT2D eigenvalue weighted by atomic mass is 9.84. The maximum atomic E-state index is 12.1. The van der Waals surface area contributed by atoms with Crippen molar-refractivity contribution < 1.29 is 9.59 Å². The zero-order chi connectivity index (χ0) is 16.9. The number of carbonyl (C=O) groups excluding carboxylic acids is 2. The molecule has 1 fully saturated rings. The molecular weight excluding hydrogens is 314 g/mol. The highest BCUT2D eigenvalue weighted by Crippen LogP contribution is 2.28. The van der Waals surface area contributed by atoms with Crippen LogP contribution in [0.4, 0.5) is 4.79 Å². The lowest BCUT2D eigenvalue weighted by Crippen LogP contribution is -2.50. The van der Waals surface area contributed by atoms with E-state index in [1.54, 1.807) is 0 Å². The van der Waals surface area contributed by atoms with Crippen LogP contribution in [-0.2, 0) is 10.2 Å². The molecule has 2 rings (SSSR count). The van der Waals surface area contributed by atoms with Crippen molar-refractivity contribution in [2.24, 2.45) is 0 Å². The summed E-state index contributed by atoms with van der Waals surface area (Å²) in [6.07, 6.45) is 2.55. The summed E-state index contributed by atoms with van der Waals surface area (Å²) in [4.78, 5) is 23.9. The van der Waals surface area contributed by atoms with Crippen molar-refractivity contribution in [3.05, 3.63) is 34.9 Å². The van der Waals surface area contributed by atoms with E-state index >= 15 is 0 Å². The second kappa shape index (κ2) is 7.68. The molecule has 5 nitrogen and oxygen atoms in total. The number of hydrogen-bond acceptors (Lipinski definition) is 2. The number of benzene rings is 1. The quantitative estimate of drug-likeness (QED) is 0.790. The first-order valence-corrected chi connectivity index (χ1v) is 8.35. The molecule has 0 aliphatic carbocycles. The second-order valence-corrected chi connectivity index (χ2v) is 6.94. The van der Waals surface area contributed by atoms with E-state index < -0.39 is 6.04 Å². The zero-order valence-electron chi connectivity index (χ0n) is 13.6. The SMILES string of the molecule is CC(C)(CNC(=O)NC1CCCCNC1=O)c1ccccc1Cl. The summed E-state index contributed by atoms with van der Waals surface area (Å²) in [6, 6.07) is 6.83. The average Bonchev–Trinajstić information content (AvgIpc) is 2.71. The molecule has 1 aliphatic heterocycles. The number of nitrogens with one attached hydrogen (secondary N) is 3. The molecule has 6 heteroatoms. The number of hydrogen-bond donors (Lipinski definition) is 3. The van der Waals surface area contributed by atoms with Crippen LogP contribution in [0.3, 0.4) is 0 Å². The summed E-state index contributed by atoms with van der Waals surface area (Å²) in [5, 5.41) is 9.09. The molecule has 0 saturated carbocycles. The molecule has 0 bridgehead atoms. The number of halogens is 1. The van der Waals surface area contributed by atoms with E-state index in [4.69, 9.17) is 11.6 Å². The van der Waals surface area contributed by atoms with E-state index in [2.05, 4.69) is 16.0 Å². The van der Waals surface area contributed by atoms with Crippen molar-refractivity contribution in [3.63, 3.8) is 0 Å². The molecule has 1 heterocycles. The van der Waals surface area contributed by atoms with Gasteiger partial charge in [0.05, 0.1) is 0 Å². The topological polar surface area (TPSA) is 70.2 Å². The molecular formula is C17H24ClN3O2. The van der Waals surface area contributed by atoms with Gasteiger partial charge in [0.1, 0.15) is 6.04 Å². The molecule has 1 aromatic carbocycles. The molecule has 0 aromatic heterocycles. The smallest absolute Gasteiger partial charge is 0.315 e. The fourth-order valence-corrected chi connectivity index (χ4v) is 3.08. The molecule has 3 N–H and O–H groups in total. The van der Waals surface area contributed by atoms with Crippen LogP contribution < -0.4 is 16.0 Å². The number of urea groups is 1. The number of carbonyl (C=O) groups is 2. The third-order valence-corrected chi connectivity index (χ3v) is 4.46. The van der Waals surface area contributed by atoms with Crippen LogP contribution in [0.2, 0.25) is 5.02 Å². The molecule has 23 heavy (non-hydrogen) atoms. The second-order valence-electron chi connectivity index (χ2n) is 6.53. The van der Waals surface area contributed by atoms with Crippen molar-refractivity contribution >= 4 is 23.5 Å². The van der Waals surface area contributed by atoms with E-state index in [9.17, 15) is 9.59 Å². The van der Waals surface area contributed by atoms with Crippen LogP contribution in [0.15, 0.2) is 24.3 Å². The maximum absolute atomic E-state index is 12.1. The molecule has 1 unspecified atom stereocenters. The molecule has 0 radical (unpaired) electrons. The van der Waals surface area contributed by atoms with Gasteiger partial charge in [0.2, 0.25) is 5.91 Å². The fourth-order valence-electron chi connectivity index (χ4n) is 2.69. The van der Waals surface area contributed by atoms with E-state index in [-0.39, 0.29) is 17.4 Å². The number of amides is 3. The summed E-state index contributed by atoms with van der Waals surface area (Å²) in [5.74, 6) is -0.108. The van der Waals surface area contributed by atoms with Crippen molar-refractivity contribution in [1.29, 1.82) is 0 Å². The van der Waals surface area contributed by atoms with E-state index in [1.807, 2.05) is 38.1 Å². The summed E-state index contributed by atoms with van der Waals surface area (Å²) in [7, 11) is 0. The third-order valence-electron chi connectivity index (χ3n) is 4.13. The molecule has 126 valence electrons. The average molecular weight is 338 g/mol. The van der Waals surface area contributed by atoms with Crippen LogP contribution in [0, 0.1) is 0 Å². The minimum absolute atomic E-state index is 0.108. The Labute approximate surface area is 142 Å². The largest absolute Gasteiger partial charge is 0.354 e. The predicted octanol–water partition coefficient (Wildman–Crippen LogP) is 2.59. The van der Waals surface area contributed by atoms with Crippen molar-refractivity contribution in [1.82, 2.24) is 16.0 Å². The normalized spacial score (nSPS) is 18.7. The number of rotatable bonds is 4. The highest BCUT2D eigenvalue weighted by molar-refractivity contribution is 6.31. The standard InChI is InChI=1S/C17H24ClN3O2/c1-17(2,12-7-3-4-8-13(12)18)11-20-16(23)21-14-9-5-6-10-19-15(14)22/h3-4,7-8,14H,5-6,9-11H2,1-2H3,(H,19,22)(H2,20,21,23). The van der Waals surface area contributed by atoms with Gasteiger partial charge in [-0.2, -0.15) is 0 Å². The van der Waals surface area contributed by atoms with Crippen LogP contribution >= 0.6 is 11.6 Å². The van der Waals surface area contributed by atoms with Crippen LogP contribution in [0.25, 0.3) is 0 Å². The van der Waals surface area contributed by atoms with Gasteiger partial charge < -0.3 is 16.0 Å². The van der Waals surface area contributed by atoms with Gasteiger partial charge in [-0.05, 0) is 30.9 Å². The van der Waals surface area contributed by atoms with Gasteiger partial charge in [-0.15, -0.1) is 0 Å². The predicted molar refractivity (Wildman–Crippen MR) is 91.7 cm³/mol. The molecule has 1 saturated heterocycles. The Morgan fingerprint density at radius 3 is 2.83 bits per heavy atom. The van der Waals surface area contributed by atoms with Crippen LogP contribution in [-0.4, -0.2) is 31.1 Å². The van der Waals surface area contributed by atoms with Gasteiger partial charge >= 0.3 is 6.03 Å². The third kappa shape index (κ3) is 4.86. The lowest BCUT2D eigenvalue weighted by Gasteiger charge is -2.27. The van der Waals surface area contributed by atoms with E-state index in [0.717, 1.165) is 18.4 Å². The van der Waals surface area contributed by atoms with Gasteiger partial charge in [0.25, 0.3) is 0 Å². The van der Waals surface area contributed by atoms with Gasteiger partial charge in [0.15, 0.2) is 0 Å². The summed E-state index contributed by atoms with van der Waals surface area (Å²) < 4.78 is 0. The Morgan fingerprint density at radius 1 is 1.35 bits per heavy atom. The first kappa shape index (κ1) is 17.6. The highest BCUT2D eigenvalue weighted by Gasteiger charge is 2.26. The van der Waals surface area contributed by atoms with Crippen molar-refractivity contribution in [2.45, 2.75) is 44.6 Å². The van der Waals surface area contributed by atoms with Gasteiger partial charge in [-0.1, -0.05) is 43.6 Å². The van der Waals surface area contributed by atoms with Crippen molar-refractivity contribution in [2.75, 3.05) is 13.1 Å². The molecule has 1 aromatic rings. The Kier molecular flexibility index (Phi) is 5.88. The molecule has 3 amide bonds. The summed E-state index contributed by atoms with van der Waals surface area (Å²) in [6.45, 7) is 5.15. The Hall–Kier alpha value is -1.75. The molecule has 0 spiro atoms. The first-order valence-electron chi connectivity index (χ1n) is 7.97. The molecule has 1 aliphatic rings. The zero-order valence-corrected chi connectivity index (χ0v) is 14.4. The Morgan fingerprint density at radius 2 is 2.09 bits per heavy atom. The summed E-state index contributed by atoms with van der Waals surface area (Å²) in [5.41, 5.74) is 0.677. The Balaban J connectivity index is 1.90. The Bertz CT molecular complexity index is 575. The van der Waals surface area contributed by atoms with E-state index in [0.29, 0.717) is 24.5 Å². The highest BCUT2D eigenvalue weighted by atomic mass is 35.5. The monoisotopic (exact) mass is 337 g/mol. The van der Waals surface area contributed by atoms with E-state index in [1.165, 1.54) is 0 Å². The van der Waals surface area contributed by atoms with Gasteiger partial charge in [-0.25, -0.2) is 4.79 Å². The maximum Gasteiger partial charge on any atom is 0.315 e. The minimum atomic E-state index is -0.457. The first-order chi connectivity index (χ1) is 10.9. The van der Waals surface area contributed by atoms with Crippen molar-refractivity contribution in [3.8, 4) is 0 Å². The van der Waals surface area contributed by atoms with Gasteiger partial charge in [0, 0.05) is 23.5 Å². The minimum Gasteiger partial charge on any atom is -0.354 e. The summed E-state index contributed by atoms with van der Waals surface area (Å²) >= 11 is 6.24. The van der Waals surface area contributed by atoms with Gasteiger partial charge in [-0.3, -0.25) is 4.79 Å². The van der Waals surface area contributed by atoms with Crippen LogP contribution in [0.1, 0.15) is 38.7 Å². The lowest BCUT2D eigenvalue weighted by molar-refractivity contribution is -0.122.